The number of carbonyl (C=O) groups excluding carboxylic acids is 3. The van der Waals surface area contributed by atoms with E-state index in [0.29, 0.717) is 11.8 Å². The van der Waals surface area contributed by atoms with Gasteiger partial charge in [-0.05, 0) is 31.9 Å². The molecule has 31 heavy (non-hydrogen) atoms. The van der Waals surface area contributed by atoms with Gasteiger partial charge in [0.2, 0.25) is 0 Å². The quantitative estimate of drug-likeness (QED) is 0.394. The minimum atomic E-state index is -0.497. The Bertz CT molecular complexity index is 942. The van der Waals surface area contributed by atoms with Gasteiger partial charge in [0, 0.05) is 36.2 Å². The molecule has 0 unspecified atom stereocenters. The van der Waals surface area contributed by atoms with Gasteiger partial charge in [0.05, 0.1) is 5.56 Å². The first-order valence-corrected chi connectivity index (χ1v) is 10.5. The average molecular weight is 429 g/mol. The van der Waals surface area contributed by atoms with Crippen molar-refractivity contribution in [1.82, 2.24) is 0 Å². The van der Waals surface area contributed by atoms with E-state index in [4.69, 9.17) is 4.74 Å². The van der Waals surface area contributed by atoms with Crippen LogP contribution in [-0.2, 0) is 20.7 Å². The average Bonchev–Trinajstić information content (AvgIpc) is 2.68. The van der Waals surface area contributed by atoms with Crippen LogP contribution >= 0.6 is 0 Å². The van der Waals surface area contributed by atoms with E-state index in [1.165, 1.54) is 13.0 Å². The number of phenolic OH excluding ortho intramolecular Hbond substituents is 2. The van der Waals surface area contributed by atoms with Crippen LogP contribution in [0, 0.1) is 24.2 Å². The zero-order chi connectivity index (χ0) is 23.5. The summed E-state index contributed by atoms with van der Waals surface area (Å²) in [5.41, 5.74) is 1.34. The van der Waals surface area contributed by atoms with Gasteiger partial charge in [-0.25, -0.2) is 0 Å². The Hall–Kier alpha value is -2.89. The summed E-state index contributed by atoms with van der Waals surface area (Å²) in [6.07, 6.45) is 6.31. The summed E-state index contributed by atoms with van der Waals surface area (Å²) in [4.78, 5) is 35.2. The number of carbonyl (C=O) groups is 3. The second kappa shape index (κ2) is 9.50. The number of Topliss-reactive ketones (excluding diaryl/α,β-unsaturated/α-hetero) is 1. The third kappa shape index (κ3) is 5.06. The van der Waals surface area contributed by atoms with Gasteiger partial charge < -0.3 is 14.9 Å². The largest absolute Gasteiger partial charge is 0.508 e. The molecule has 2 rings (SSSR count). The molecular weight excluding hydrogens is 396 g/mol. The first-order valence-electron chi connectivity index (χ1n) is 10.5. The summed E-state index contributed by atoms with van der Waals surface area (Å²) in [5, 5.41) is 20.5. The Morgan fingerprint density at radius 1 is 1.29 bits per heavy atom. The molecule has 0 aliphatic heterocycles. The molecule has 0 bridgehead atoms. The van der Waals surface area contributed by atoms with Gasteiger partial charge in [-0.1, -0.05) is 44.6 Å². The van der Waals surface area contributed by atoms with Crippen molar-refractivity contribution in [2.75, 3.05) is 0 Å². The molecular formula is C25H32O6. The predicted octanol–water partition coefficient (Wildman–Crippen LogP) is 4.45. The number of rotatable bonds is 6. The van der Waals surface area contributed by atoms with Gasteiger partial charge in [0.1, 0.15) is 23.4 Å². The van der Waals surface area contributed by atoms with Crippen molar-refractivity contribution in [2.24, 2.45) is 17.3 Å². The highest BCUT2D eigenvalue weighted by Gasteiger charge is 2.48. The van der Waals surface area contributed by atoms with Crippen LogP contribution < -0.4 is 0 Å². The van der Waals surface area contributed by atoms with Crippen LogP contribution in [0.25, 0.3) is 0 Å². The van der Waals surface area contributed by atoms with Crippen LogP contribution in [0.5, 0.6) is 11.5 Å². The van der Waals surface area contributed by atoms with Crippen LogP contribution in [0.15, 0.2) is 29.9 Å². The van der Waals surface area contributed by atoms with E-state index in [9.17, 15) is 24.6 Å². The van der Waals surface area contributed by atoms with E-state index < -0.39 is 17.5 Å². The number of ether oxygens (including phenoxy) is 1. The van der Waals surface area contributed by atoms with E-state index in [2.05, 4.69) is 0 Å². The fraction of sp³-hybridized carbons (Fsp3) is 0.480. The maximum atomic E-state index is 12.5. The molecule has 4 atom stereocenters. The fourth-order valence-corrected chi connectivity index (χ4v) is 4.18. The first-order chi connectivity index (χ1) is 14.4. The summed E-state index contributed by atoms with van der Waals surface area (Å²) in [6.45, 7) is 10.8. The second-order valence-corrected chi connectivity index (χ2v) is 8.75. The van der Waals surface area contributed by atoms with Crippen molar-refractivity contribution in [2.45, 2.75) is 60.5 Å². The molecule has 1 saturated carbocycles. The van der Waals surface area contributed by atoms with Crippen LogP contribution in [-0.4, -0.2) is 34.4 Å². The molecule has 0 radical (unpaired) electrons. The molecule has 0 saturated heterocycles. The Morgan fingerprint density at radius 2 is 1.94 bits per heavy atom. The number of esters is 1. The summed E-state index contributed by atoms with van der Waals surface area (Å²) >= 11 is 0. The van der Waals surface area contributed by atoms with Crippen molar-refractivity contribution in [3.8, 4) is 11.5 Å². The van der Waals surface area contributed by atoms with Gasteiger partial charge in [0.15, 0.2) is 6.29 Å². The number of hydrogen-bond acceptors (Lipinski definition) is 6. The smallest absolute Gasteiger partial charge is 0.302 e. The van der Waals surface area contributed by atoms with Gasteiger partial charge in [-0.15, -0.1) is 0 Å². The van der Waals surface area contributed by atoms with Crippen molar-refractivity contribution >= 4 is 18.0 Å². The number of aldehydes is 1. The van der Waals surface area contributed by atoms with E-state index in [1.54, 1.807) is 6.92 Å². The molecule has 0 aromatic heterocycles. The number of ketones is 1. The highest BCUT2D eigenvalue weighted by Crippen LogP contribution is 2.46. The van der Waals surface area contributed by atoms with Gasteiger partial charge >= 0.3 is 5.97 Å². The van der Waals surface area contributed by atoms with Crippen LogP contribution in [0.1, 0.15) is 62.5 Å². The summed E-state index contributed by atoms with van der Waals surface area (Å²) < 4.78 is 5.40. The Labute approximate surface area is 183 Å². The predicted molar refractivity (Wildman–Crippen MR) is 118 cm³/mol. The van der Waals surface area contributed by atoms with E-state index in [-0.39, 0.29) is 53.1 Å². The van der Waals surface area contributed by atoms with Crippen LogP contribution in [0.3, 0.4) is 0 Å². The maximum absolute atomic E-state index is 12.5. The number of phenols is 2. The molecule has 168 valence electrons. The summed E-state index contributed by atoms with van der Waals surface area (Å²) in [6, 6.07) is 1.46. The fourth-order valence-electron chi connectivity index (χ4n) is 4.18. The molecule has 0 amide bonds. The molecule has 0 heterocycles. The Morgan fingerprint density at radius 3 is 2.52 bits per heavy atom. The third-order valence-electron chi connectivity index (χ3n) is 6.75. The zero-order valence-corrected chi connectivity index (χ0v) is 19.1. The van der Waals surface area contributed by atoms with Crippen LogP contribution in [0.4, 0.5) is 0 Å². The zero-order valence-electron chi connectivity index (χ0n) is 19.1. The van der Waals surface area contributed by atoms with Crippen LogP contribution in [0.2, 0.25) is 0 Å². The minimum absolute atomic E-state index is 0.0477. The lowest BCUT2D eigenvalue weighted by Gasteiger charge is -2.45. The van der Waals surface area contributed by atoms with Gasteiger partial charge in [0.25, 0.3) is 0 Å². The highest BCUT2D eigenvalue weighted by atomic mass is 16.5. The van der Waals surface area contributed by atoms with Gasteiger partial charge in [-0.3, -0.25) is 14.4 Å². The number of hydrogen-bond donors (Lipinski definition) is 2. The molecule has 1 fully saturated rings. The standard InChI is InChI=1S/C25H32O6/c1-14(7-8-19-22(29)11-15(2)20(13-26)24(19)30)9-10-25(6)16(3)21(28)12-23(17(25)4)31-18(5)27/h7,9-11,13,16-17,23,29-30H,8,12H2,1-6H3/t16-,17+,23-,25+/m0/s1. The molecule has 6 nitrogen and oxygen atoms in total. The maximum Gasteiger partial charge on any atom is 0.302 e. The summed E-state index contributed by atoms with van der Waals surface area (Å²) in [5.74, 6) is -0.878. The Balaban J connectivity index is 2.27. The molecule has 1 aromatic rings. The van der Waals surface area contributed by atoms with Crippen molar-refractivity contribution < 1.29 is 29.3 Å². The second-order valence-electron chi connectivity index (χ2n) is 8.75. The topological polar surface area (TPSA) is 101 Å². The number of allylic oxidation sites excluding steroid dienone is 4. The number of aryl methyl sites for hydroxylation is 1. The molecule has 2 N–H and O–H groups in total. The molecule has 1 aromatic carbocycles. The lowest BCUT2D eigenvalue weighted by atomic mass is 9.60. The molecule has 1 aliphatic rings. The molecule has 1 aliphatic carbocycles. The normalized spacial score (nSPS) is 26.8. The summed E-state index contributed by atoms with van der Waals surface area (Å²) in [7, 11) is 0. The van der Waals surface area contributed by atoms with E-state index in [0.717, 1.165) is 5.57 Å². The highest BCUT2D eigenvalue weighted by molar-refractivity contribution is 5.84. The molecule has 6 heteroatoms. The lowest BCUT2D eigenvalue weighted by molar-refractivity contribution is -0.159. The van der Waals surface area contributed by atoms with E-state index in [1.807, 2.05) is 45.9 Å². The first kappa shape index (κ1) is 24.4. The molecule has 0 spiro atoms. The monoisotopic (exact) mass is 428 g/mol. The van der Waals surface area contributed by atoms with Crippen molar-refractivity contribution in [3.05, 3.63) is 46.6 Å². The van der Waals surface area contributed by atoms with Gasteiger partial charge in [-0.2, -0.15) is 0 Å². The number of aromatic hydroxyl groups is 2. The third-order valence-corrected chi connectivity index (χ3v) is 6.75. The Kier molecular flexibility index (Phi) is 7.47. The minimum Gasteiger partial charge on any atom is -0.508 e. The SMILES string of the molecule is CC(=O)O[C@H]1CC(=O)[C@H](C)[C@@](C)(C=CC(C)=CCc2c(O)cc(C)c(C=O)c2O)[C@@H]1C. The lowest BCUT2D eigenvalue weighted by Crippen LogP contribution is -2.48. The van der Waals surface area contributed by atoms with Crippen molar-refractivity contribution in [3.63, 3.8) is 0 Å². The number of benzene rings is 1. The van der Waals surface area contributed by atoms with E-state index >= 15 is 0 Å². The van der Waals surface area contributed by atoms with Crippen molar-refractivity contribution in [1.29, 1.82) is 0 Å².